The van der Waals surface area contributed by atoms with Crippen molar-refractivity contribution in [2.45, 2.75) is 199 Å². The summed E-state index contributed by atoms with van der Waals surface area (Å²) in [7, 11) is -4.45. The quantitative estimate of drug-likeness (QED) is 0.0508. The van der Waals surface area contributed by atoms with Crippen LogP contribution < -0.4 is 0 Å². The molecule has 0 aliphatic rings. The highest BCUT2D eigenvalue weighted by Gasteiger charge is 2.31. The number of hydrogen-bond acceptors (Lipinski definition) is 4. The zero-order valence-corrected chi connectivity index (χ0v) is 28.3. The first-order chi connectivity index (χ1) is 20.8. The molecule has 0 saturated carbocycles. The van der Waals surface area contributed by atoms with E-state index in [9.17, 15) is 26.0 Å². The third-order valence-electron chi connectivity index (χ3n) is 8.15. The van der Waals surface area contributed by atoms with Crippen molar-refractivity contribution < 1.29 is 34.3 Å². The zero-order chi connectivity index (χ0) is 31.9. The predicted octanol–water partition coefficient (Wildman–Crippen LogP) is 11.8. The summed E-state index contributed by atoms with van der Waals surface area (Å²) in [5.41, 5.74) is 0. The molecule has 3 atom stereocenters. The molecule has 0 aliphatic carbocycles. The molecule has 0 aromatic heterocycles. The summed E-state index contributed by atoms with van der Waals surface area (Å²) in [6, 6.07) is 0. The van der Waals surface area contributed by atoms with Gasteiger partial charge in [0, 0.05) is 0 Å². The Morgan fingerprint density at radius 2 is 0.860 bits per heavy atom. The van der Waals surface area contributed by atoms with Crippen molar-refractivity contribution in [1.29, 1.82) is 0 Å². The van der Waals surface area contributed by atoms with E-state index in [2.05, 4.69) is 11.1 Å². The molecule has 0 rings (SSSR count). The smallest absolute Gasteiger partial charge is 0.251 e. The van der Waals surface area contributed by atoms with Crippen LogP contribution in [0.2, 0.25) is 0 Å². The second-order valence-corrected chi connectivity index (χ2v) is 13.6. The summed E-state index contributed by atoms with van der Waals surface area (Å²) in [5, 5.41) is 0. The number of unbranched alkanes of at least 4 members (excludes halogenated alkanes) is 24. The van der Waals surface area contributed by atoms with Gasteiger partial charge < -0.3 is 0 Å². The lowest BCUT2D eigenvalue weighted by Gasteiger charge is -2.17. The van der Waals surface area contributed by atoms with Gasteiger partial charge in [0.05, 0.1) is 13.3 Å². The average molecular weight is 647 g/mol. The van der Waals surface area contributed by atoms with Crippen molar-refractivity contribution in [2.24, 2.45) is 0 Å². The molecule has 0 aliphatic heterocycles. The summed E-state index contributed by atoms with van der Waals surface area (Å²) in [6.45, 7) is 0.732. The maximum Gasteiger partial charge on any atom is 0.399 e. The average Bonchev–Trinajstić information content (AvgIpc) is 2.99. The van der Waals surface area contributed by atoms with E-state index in [-0.39, 0.29) is 19.7 Å². The van der Waals surface area contributed by atoms with Crippen molar-refractivity contribution in [3.8, 4) is 0 Å². The molecule has 0 saturated heterocycles. The van der Waals surface area contributed by atoms with Crippen molar-refractivity contribution in [1.82, 2.24) is 0 Å². The SMILES string of the molecule is CCCCCCCCCCCCCCCCCCCCCCOS(=O)(=O)OCC(F)C(F)C(F)CCCCCCCCF. The minimum absolute atomic E-state index is 0.0750. The third-order valence-corrected chi connectivity index (χ3v) is 9.03. The fourth-order valence-corrected chi connectivity index (χ4v) is 6.01. The van der Waals surface area contributed by atoms with Crippen LogP contribution in [0.1, 0.15) is 180 Å². The minimum atomic E-state index is -4.45. The van der Waals surface area contributed by atoms with E-state index in [4.69, 9.17) is 4.18 Å². The van der Waals surface area contributed by atoms with Crippen molar-refractivity contribution in [2.75, 3.05) is 19.9 Å². The normalized spacial score (nSPS) is 14.3. The molecule has 43 heavy (non-hydrogen) atoms. The van der Waals surface area contributed by atoms with Gasteiger partial charge in [-0.2, -0.15) is 8.42 Å². The van der Waals surface area contributed by atoms with Crippen LogP contribution in [-0.4, -0.2) is 46.8 Å². The van der Waals surface area contributed by atoms with Crippen LogP contribution in [0.5, 0.6) is 0 Å². The molecule has 260 valence electrons. The van der Waals surface area contributed by atoms with Gasteiger partial charge in [0.25, 0.3) is 0 Å². The minimum Gasteiger partial charge on any atom is -0.251 e. The Morgan fingerprint density at radius 1 is 0.488 bits per heavy atom. The van der Waals surface area contributed by atoms with Crippen LogP contribution in [0.25, 0.3) is 0 Å². The molecule has 0 spiro atoms. The lowest BCUT2D eigenvalue weighted by molar-refractivity contribution is 0.0446. The number of alkyl halides is 4. The van der Waals surface area contributed by atoms with Gasteiger partial charge >= 0.3 is 10.4 Å². The first-order valence-electron chi connectivity index (χ1n) is 17.9. The van der Waals surface area contributed by atoms with E-state index in [1.807, 2.05) is 0 Å². The van der Waals surface area contributed by atoms with E-state index in [1.54, 1.807) is 0 Å². The standard InChI is InChI=1S/C34H66F4O4S/c1-2-3-4-5-6-7-8-9-10-11-12-13-14-15-16-17-18-21-24-27-30-41-43(39,40)42-31-33(37)34(38)32(36)28-25-22-19-20-23-26-29-35/h32-34H,2-31H2,1H3. The Bertz CT molecular complexity index is 669. The molecule has 3 unspecified atom stereocenters. The molecule has 0 aromatic carbocycles. The molecular formula is C34H66F4O4S. The van der Waals surface area contributed by atoms with Crippen LogP contribution >= 0.6 is 0 Å². The van der Waals surface area contributed by atoms with Gasteiger partial charge in [-0.3, -0.25) is 4.39 Å². The van der Waals surface area contributed by atoms with Crippen LogP contribution in [0, 0.1) is 0 Å². The summed E-state index contributed by atoms with van der Waals surface area (Å²) in [4.78, 5) is 0. The van der Waals surface area contributed by atoms with Gasteiger partial charge in [-0.05, 0) is 19.3 Å². The highest BCUT2D eigenvalue weighted by Crippen LogP contribution is 2.20. The number of hydrogen-bond donors (Lipinski definition) is 0. The number of rotatable bonds is 35. The van der Waals surface area contributed by atoms with Crippen molar-refractivity contribution in [3.05, 3.63) is 0 Å². The highest BCUT2D eigenvalue weighted by atomic mass is 32.3. The maximum absolute atomic E-state index is 14.0. The van der Waals surface area contributed by atoms with Gasteiger partial charge in [0.2, 0.25) is 0 Å². The molecule has 0 aromatic rings. The van der Waals surface area contributed by atoms with Crippen LogP contribution in [0.3, 0.4) is 0 Å². The molecule has 0 bridgehead atoms. The van der Waals surface area contributed by atoms with Crippen LogP contribution in [-0.2, 0) is 18.8 Å². The van der Waals surface area contributed by atoms with Crippen molar-refractivity contribution >= 4 is 10.4 Å². The molecule has 0 heterocycles. The Balaban J connectivity index is 3.55. The second kappa shape index (κ2) is 31.6. The predicted molar refractivity (Wildman–Crippen MR) is 172 cm³/mol. The largest absolute Gasteiger partial charge is 0.399 e. The monoisotopic (exact) mass is 646 g/mol. The Hall–Kier alpha value is -0.410. The van der Waals surface area contributed by atoms with Crippen LogP contribution in [0.15, 0.2) is 0 Å². The fraction of sp³-hybridized carbons (Fsp3) is 1.00. The van der Waals surface area contributed by atoms with Gasteiger partial charge in [-0.25, -0.2) is 21.5 Å². The fourth-order valence-electron chi connectivity index (χ4n) is 5.32. The molecule has 0 fully saturated rings. The lowest BCUT2D eigenvalue weighted by atomic mass is 10.0. The molecular weight excluding hydrogens is 580 g/mol. The lowest BCUT2D eigenvalue weighted by Crippen LogP contribution is -2.32. The molecule has 9 heteroatoms. The van der Waals surface area contributed by atoms with Gasteiger partial charge in [-0.15, -0.1) is 0 Å². The summed E-state index contributed by atoms with van der Waals surface area (Å²) < 4.78 is 86.7. The Labute approximate surface area is 263 Å². The van der Waals surface area contributed by atoms with Gasteiger partial charge in [0.1, 0.15) is 12.8 Å². The Morgan fingerprint density at radius 3 is 1.28 bits per heavy atom. The summed E-state index contributed by atoms with van der Waals surface area (Å²) in [6.07, 6.45) is 22.0. The summed E-state index contributed by atoms with van der Waals surface area (Å²) in [5.74, 6) is 0. The summed E-state index contributed by atoms with van der Waals surface area (Å²) >= 11 is 0. The topological polar surface area (TPSA) is 52.6 Å². The van der Waals surface area contributed by atoms with E-state index in [0.29, 0.717) is 25.7 Å². The van der Waals surface area contributed by atoms with E-state index < -0.39 is 35.5 Å². The third kappa shape index (κ3) is 30.0. The first kappa shape index (κ1) is 42.6. The molecule has 0 amide bonds. The van der Waals surface area contributed by atoms with Crippen molar-refractivity contribution in [3.63, 3.8) is 0 Å². The molecule has 0 N–H and O–H groups in total. The van der Waals surface area contributed by atoms with E-state index in [1.165, 1.54) is 103 Å². The van der Waals surface area contributed by atoms with Crippen LogP contribution in [0.4, 0.5) is 17.6 Å². The maximum atomic E-state index is 14.0. The first-order valence-corrected chi connectivity index (χ1v) is 19.2. The molecule has 0 radical (unpaired) electrons. The van der Waals surface area contributed by atoms with Gasteiger partial charge in [-0.1, -0.05) is 161 Å². The number of halogens is 4. The van der Waals surface area contributed by atoms with Gasteiger partial charge in [0.15, 0.2) is 12.3 Å². The van der Waals surface area contributed by atoms with E-state index >= 15 is 0 Å². The Kier molecular flexibility index (Phi) is 31.3. The molecule has 4 nitrogen and oxygen atoms in total. The van der Waals surface area contributed by atoms with E-state index in [0.717, 1.165) is 38.5 Å². The zero-order valence-electron chi connectivity index (χ0n) is 27.5. The second-order valence-electron chi connectivity index (χ2n) is 12.3. The highest BCUT2D eigenvalue weighted by molar-refractivity contribution is 7.81.